The molecular formula is C26H42O3. The van der Waals surface area contributed by atoms with E-state index in [2.05, 4.69) is 45.9 Å². The van der Waals surface area contributed by atoms with Gasteiger partial charge in [-0.2, -0.15) is 0 Å². The van der Waals surface area contributed by atoms with Gasteiger partial charge in [0.15, 0.2) is 0 Å². The molecule has 0 aromatic heterocycles. The normalized spacial score (nSPS) is 39.2. The van der Waals surface area contributed by atoms with Crippen molar-refractivity contribution in [3.8, 4) is 0 Å². The van der Waals surface area contributed by atoms with E-state index in [0.29, 0.717) is 42.4 Å². The van der Waals surface area contributed by atoms with Crippen molar-refractivity contribution in [2.45, 2.75) is 97.4 Å². The third-order valence-corrected chi connectivity index (χ3v) is 8.04. The second-order valence-electron chi connectivity index (χ2n) is 10.6. The van der Waals surface area contributed by atoms with Crippen molar-refractivity contribution in [3.63, 3.8) is 0 Å². The number of hydrogen-bond acceptors (Lipinski definition) is 3. The van der Waals surface area contributed by atoms with Crippen LogP contribution in [-0.4, -0.2) is 33.6 Å². The molecule has 3 N–H and O–H groups in total. The summed E-state index contributed by atoms with van der Waals surface area (Å²) in [5, 5.41) is 30.1. The van der Waals surface area contributed by atoms with Crippen LogP contribution < -0.4 is 0 Å². The van der Waals surface area contributed by atoms with Crippen LogP contribution in [0.1, 0.15) is 79.1 Å². The zero-order valence-corrected chi connectivity index (χ0v) is 18.8. The van der Waals surface area contributed by atoms with Crippen molar-refractivity contribution in [2.24, 2.45) is 29.1 Å². The summed E-state index contributed by atoms with van der Waals surface area (Å²) in [4.78, 5) is 0. The predicted molar refractivity (Wildman–Crippen MR) is 119 cm³/mol. The molecule has 29 heavy (non-hydrogen) atoms. The second kappa shape index (κ2) is 9.49. The number of hydrogen-bond donors (Lipinski definition) is 3. The van der Waals surface area contributed by atoms with Crippen LogP contribution in [0.15, 0.2) is 35.5 Å². The molecule has 0 saturated heterocycles. The SMILES string of the molecule is CC(C)[C@H](O)C=C[C@@H](C)[C@H]1CC[C@H]2C(=CC=C3C[C@@H](O)C[C@H](O)C3)CCC[C@]12C. The van der Waals surface area contributed by atoms with Gasteiger partial charge in [0.25, 0.3) is 0 Å². The summed E-state index contributed by atoms with van der Waals surface area (Å²) in [5.41, 5.74) is 3.09. The molecule has 0 aliphatic heterocycles. The fourth-order valence-corrected chi connectivity index (χ4v) is 6.32. The predicted octanol–water partition coefficient (Wildman–Crippen LogP) is 5.17. The molecule has 3 saturated carbocycles. The van der Waals surface area contributed by atoms with Gasteiger partial charge >= 0.3 is 0 Å². The summed E-state index contributed by atoms with van der Waals surface area (Å²) in [7, 11) is 0. The molecule has 3 nitrogen and oxygen atoms in total. The van der Waals surface area contributed by atoms with E-state index in [1.165, 1.54) is 37.7 Å². The maximum atomic E-state index is 10.1. The van der Waals surface area contributed by atoms with Gasteiger partial charge in [-0.05, 0) is 80.5 Å². The molecule has 3 aliphatic rings. The molecule has 3 rings (SSSR count). The van der Waals surface area contributed by atoms with E-state index in [1.807, 2.05) is 6.08 Å². The van der Waals surface area contributed by atoms with Crippen LogP contribution in [0.25, 0.3) is 0 Å². The number of aliphatic hydroxyl groups excluding tert-OH is 3. The summed E-state index contributed by atoms with van der Waals surface area (Å²) in [6.07, 6.45) is 15.8. The maximum absolute atomic E-state index is 10.1. The molecule has 0 aromatic carbocycles. The average Bonchev–Trinajstić information content (AvgIpc) is 3.00. The van der Waals surface area contributed by atoms with Crippen molar-refractivity contribution in [1.29, 1.82) is 0 Å². The standard InChI is InChI=1S/C26H42O3/c1-17(2)25(29)12-7-18(3)23-10-11-24-20(6-5-13-26(23,24)4)9-8-19-14-21(27)16-22(28)15-19/h7-9,12,17-18,21-25,27-29H,5-6,10-11,13-16H2,1-4H3/t18-,21-,22-,23-,24+,25-,26-/m1/s1. The highest BCUT2D eigenvalue weighted by Crippen LogP contribution is 2.59. The Morgan fingerprint density at radius 2 is 1.69 bits per heavy atom. The van der Waals surface area contributed by atoms with E-state index >= 15 is 0 Å². The highest BCUT2D eigenvalue weighted by atomic mass is 16.3. The van der Waals surface area contributed by atoms with E-state index in [9.17, 15) is 15.3 Å². The Morgan fingerprint density at radius 3 is 2.34 bits per heavy atom. The molecule has 7 atom stereocenters. The Morgan fingerprint density at radius 1 is 1.00 bits per heavy atom. The smallest absolute Gasteiger partial charge is 0.0743 e. The molecule has 0 spiro atoms. The van der Waals surface area contributed by atoms with Gasteiger partial charge in [0.05, 0.1) is 18.3 Å². The minimum Gasteiger partial charge on any atom is -0.393 e. The summed E-state index contributed by atoms with van der Waals surface area (Å²) >= 11 is 0. The van der Waals surface area contributed by atoms with E-state index in [4.69, 9.17) is 0 Å². The van der Waals surface area contributed by atoms with Crippen LogP contribution in [0.5, 0.6) is 0 Å². The van der Waals surface area contributed by atoms with Gasteiger partial charge in [0.2, 0.25) is 0 Å². The summed E-state index contributed by atoms with van der Waals surface area (Å²) in [6, 6.07) is 0. The molecule has 0 unspecified atom stereocenters. The molecular weight excluding hydrogens is 360 g/mol. The lowest BCUT2D eigenvalue weighted by Crippen LogP contribution is -2.35. The zero-order valence-electron chi connectivity index (χ0n) is 18.8. The van der Waals surface area contributed by atoms with Crippen molar-refractivity contribution in [1.82, 2.24) is 0 Å². The molecule has 3 aliphatic carbocycles. The van der Waals surface area contributed by atoms with Crippen LogP contribution in [-0.2, 0) is 0 Å². The Kier molecular flexibility index (Phi) is 7.46. The second-order valence-corrected chi connectivity index (χ2v) is 10.6. The lowest BCUT2D eigenvalue weighted by atomic mass is 9.61. The lowest BCUT2D eigenvalue weighted by Gasteiger charge is -2.44. The van der Waals surface area contributed by atoms with Crippen molar-refractivity contribution in [2.75, 3.05) is 0 Å². The van der Waals surface area contributed by atoms with E-state index in [0.717, 1.165) is 0 Å². The first kappa shape index (κ1) is 22.8. The first-order valence-electron chi connectivity index (χ1n) is 11.8. The number of rotatable bonds is 5. The Hall–Kier alpha value is -0.900. The van der Waals surface area contributed by atoms with Gasteiger partial charge in [0.1, 0.15) is 0 Å². The molecule has 3 heteroatoms. The van der Waals surface area contributed by atoms with Crippen LogP contribution >= 0.6 is 0 Å². The first-order chi connectivity index (χ1) is 13.7. The Balaban J connectivity index is 1.72. The number of fused-ring (bicyclic) bond motifs is 1. The van der Waals surface area contributed by atoms with E-state index in [1.54, 1.807) is 5.57 Å². The third kappa shape index (κ3) is 5.24. The zero-order chi connectivity index (χ0) is 21.2. The molecule has 3 fully saturated rings. The molecule has 0 bridgehead atoms. The lowest BCUT2D eigenvalue weighted by molar-refractivity contribution is 0.0609. The van der Waals surface area contributed by atoms with Gasteiger partial charge in [-0.25, -0.2) is 0 Å². The summed E-state index contributed by atoms with van der Waals surface area (Å²) in [5.74, 6) is 2.05. The molecule has 164 valence electrons. The van der Waals surface area contributed by atoms with Crippen molar-refractivity contribution < 1.29 is 15.3 Å². The van der Waals surface area contributed by atoms with Crippen molar-refractivity contribution in [3.05, 3.63) is 35.5 Å². The van der Waals surface area contributed by atoms with Crippen LogP contribution in [0, 0.1) is 29.1 Å². The minimum atomic E-state index is -0.398. The number of allylic oxidation sites excluding steroid dienone is 4. The number of aliphatic hydroxyl groups is 3. The fourth-order valence-electron chi connectivity index (χ4n) is 6.32. The third-order valence-electron chi connectivity index (χ3n) is 8.04. The topological polar surface area (TPSA) is 60.7 Å². The van der Waals surface area contributed by atoms with E-state index < -0.39 is 12.2 Å². The Bertz CT molecular complexity index is 634. The van der Waals surface area contributed by atoms with Crippen LogP contribution in [0.2, 0.25) is 0 Å². The summed E-state index contributed by atoms with van der Waals surface area (Å²) in [6.45, 7) is 8.94. The molecule has 0 aromatic rings. The van der Waals surface area contributed by atoms with Crippen LogP contribution in [0.3, 0.4) is 0 Å². The largest absolute Gasteiger partial charge is 0.393 e. The highest BCUT2D eigenvalue weighted by Gasteiger charge is 2.50. The first-order valence-corrected chi connectivity index (χ1v) is 11.8. The van der Waals surface area contributed by atoms with Gasteiger partial charge in [0, 0.05) is 0 Å². The minimum absolute atomic E-state index is 0.263. The van der Waals surface area contributed by atoms with Gasteiger partial charge in [-0.3, -0.25) is 0 Å². The highest BCUT2D eigenvalue weighted by molar-refractivity contribution is 5.26. The quantitative estimate of drug-likeness (QED) is 0.556. The van der Waals surface area contributed by atoms with E-state index in [-0.39, 0.29) is 12.0 Å². The van der Waals surface area contributed by atoms with Gasteiger partial charge in [-0.1, -0.05) is 63.1 Å². The summed E-state index contributed by atoms with van der Waals surface area (Å²) < 4.78 is 0. The van der Waals surface area contributed by atoms with Crippen LogP contribution in [0.4, 0.5) is 0 Å². The molecule has 0 radical (unpaired) electrons. The molecule has 0 heterocycles. The average molecular weight is 403 g/mol. The van der Waals surface area contributed by atoms with Gasteiger partial charge in [-0.15, -0.1) is 0 Å². The maximum Gasteiger partial charge on any atom is 0.0743 e. The van der Waals surface area contributed by atoms with Gasteiger partial charge < -0.3 is 15.3 Å². The monoisotopic (exact) mass is 402 g/mol. The van der Waals surface area contributed by atoms with Crippen molar-refractivity contribution >= 4 is 0 Å². The fraction of sp³-hybridized carbons (Fsp3) is 0.769. The Labute approximate surface area is 177 Å². The molecule has 0 amide bonds.